The van der Waals surface area contributed by atoms with Gasteiger partial charge in [0.05, 0.1) is 6.41 Å². The summed E-state index contributed by atoms with van der Waals surface area (Å²) in [5, 5.41) is 2.00. The van der Waals surface area contributed by atoms with E-state index >= 15 is 0 Å². The third-order valence-corrected chi connectivity index (χ3v) is 1.74. The Bertz CT molecular complexity index is 175. The Morgan fingerprint density at radius 1 is 1.67 bits per heavy atom. The molecule has 1 radical (unpaired) electrons. The summed E-state index contributed by atoms with van der Waals surface area (Å²) in [5.41, 5.74) is 0. The van der Waals surface area contributed by atoms with Gasteiger partial charge in [-0.2, -0.15) is 6.42 Å². The molecule has 1 N–H and O–H groups in total. The van der Waals surface area contributed by atoms with Gasteiger partial charge in [0.1, 0.15) is 0 Å². The first-order valence-electron chi connectivity index (χ1n) is 3.45. The number of nitrogens with zero attached hydrogens (tertiary/aromatic N) is 1. The van der Waals surface area contributed by atoms with Crippen LogP contribution in [0.25, 0.3) is 0 Å². The number of hydrogen-bond acceptors (Lipinski definition) is 3. The van der Waals surface area contributed by atoms with Crippen molar-refractivity contribution in [1.82, 2.24) is 10.2 Å². The molecule has 0 spiro atoms. The van der Waals surface area contributed by atoms with Crippen LogP contribution in [-0.4, -0.2) is 37.4 Å². The van der Waals surface area contributed by atoms with Crippen LogP contribution in [0.2, 0.25) is 0 Å². The van der Waals surface area contributed by atoms with Crippen LogP contribution >= 0.6 is 0 Å². The number of imide groups is 1. The van der Waals surface area contributed by atoms with Crippen molar-refractivity contribution >= 4 is 12.3 Å². The Morgan fingerprint density at radius 3 is 2.75 bits per heavy atom. The molecule has 0 aliphatic carbocycles. The zero-order valence-corrected chi connectivity index (χ0v) is 9.80. The Labute approximate surface area is 96.9 Å². The summed E-state index contributed by atoms with van der Waals surface area (Å²) in [6.07, 6.45) is 2.12. The fraction of sp³-hybridized carbons (Fsp3) is 0.571. The summed E-state index contributed by atoms with van der Waals surface area (Å²) in [5.74, 6) is 0.472. The molecule has 0 bridgehead atoms. The molecule has 0 aromatic rings. The molecular formula is C7H10N2O2Y-2. The maximum absolute atomic E-state index is 11.0. The maximum atomic E-state index is 11.0. The van der Waals surface area contributed by atoms with Crippen LogP contribution in [0.1, 0.15) is 6.42 Å². The number of nitrogens with one attached hydrogen (secondary N) is 1. The van der Waals surface area contributed by atoms with E-state index in [2.05, 4.69) is 0 Å². The van der Waals surface area contributed by atoms with E-state index in [0.29, 0.717) is 6.54 Å². The predicted molar refractivity (Wildman–Crippen MR) is 39.2 cm³/mol. The Morgan fingerprint density at radius 2 is 2.33 bits per heavy atom. The van der Waals surface area contributed by atoms with E-state index in [4.69, 9.17) is 0 Å². The first-order valence-corrected chi connectivity index (χ1v) is 3.45. The fourth-order valence-corrected chi connectivity index (χ4v) is 1.13. The summed E-state index contributed by atoms with van der Waals surface area (Å²) in [6, 6.07) is 0. The molecule has 0 aromatic carbocycles. The number of amides is 2. The largest absolute Gasteiger partial charge is 0.486 e. The van der Waals surface area contributed by atoms with Crippen molar-refractivity contribution in [2.45, 2.75) is 6.42 Å². The third kappa shape index (κ3) is 3.21. The van der Waals surface area contributed by atoms with Gasteiger partial charge in [-0.25, -0.2) is 0 Å². The Hall–Kier alpha value is 0.0739. The standard InChI is InChI=1S/C7H10N2O2.Y/c1-9-3-2-6(4-9)7(11)8-5-10;/h2-4H2,1H3,(H,8,10,11);/q-2;. The molecule has 12 heavy (non-hydrogen) atoms. The van der Waals surface area contributed by atoms with Gasteiger partial charge in [0.15, 0.2) is 0 Å². The van der Waals surface area contributed by atoms with Crippen LogP contribution in [0.5, 0.6) is 0 Å². The average molecular weight is 243 g/mol. The van der Waals surface area contributed by atoms with E-state index < -0.39 is 0 Å². The van der Waals surface area contributed by atoms with E-state index in [1.54, 1.807) is 0 Å². The van der Waals surface area contributed by atoms with Gasteiger partial charge in [0.2, 0.25) is 0 Å². The van der Waals surface area contributed by atoms with Crippen molar-refractivity contribution in [3.05, 3.63) is 5.92 Å². The molecule has 1 fully saturated rings. The topological polar surface area (TPSA) is 49.4 Å². The second-order valence-corrected chi connectivity index (χ2v) is 2.65. The molecule has 0 unspecified atom stereocenters. The summed E-state index contributed by atoms with van der Waals surface area (Å²) in [7, 11) is 1.94. The molecule has 1 saturated heterocycles. The molecule has 1 aliphatic rings. The predicted octanol–water partition coefficient (Wildman–Crippen LogP) is -0.923. The smallest absolute Gasteiger partial charge is 0.0694 e. The summed E-state index contributed by atoms with van der Waals surface area (Å²) < 4.78 is 0. The molecule has 0 aromatic heterocycles. The van der Waals surface area contributed by atoms with Crippen LogP contribution in [0, 0.1) is 5.92 Å². The normalized spacial score (nSPS) is 16.9. The molecule has 5 heteroatoms. The second kappa shape index (κ2) is 5.67. The number of hydrogen-bond donors (Lipinski definition) is 1. The molecule has 65 valence electrons. The number of rotatable bonds is 2. The second-order valence-electron chi connectivity index (χ2n) is 2.65. The first-order chi connectivity index (χ1) is 5.24. The van der Waals surface area contributed by atoms with Crippen molar-refractivity contribution in [3.63, 3.8) is 0 Å². The van der Waals surface area contributed by atoms with Crippen LogP contribution in [0.3, 0.4) is 0 Å². The van der Waals surface area contributed by atoms with Crippen LogP contribution in [0.15, 0.2) is 0 Å². The summed E-state index contributed by atoms with van der Waals surface area (Å²) >= 11 is 0. The number of carbonyl (C=O) groups is 1. The van der Waals surface area contributed by atoms with Crippen LogP contribution < -0.4 is 5.32 Å². The molecule has 2 amide bonds. The zero-order chi connectivity index (χ0) is 8.27. The maximum Gasteiger partial charge on any atom is 0.0694 e. The monoisotopic (exact) mass is 243 g/mol. The summed E-state index contributed by atoms with van der Waals surface area (Å²) in [6.45, 7) is 1.55. The minimum Gasteiger partial charge on any atom is -0.486 e. The average Bonchev–Trinajstić information content (AvgIpc) is 2.36. The number of likely N-dealkylation sites (tertiary alicyclic amines) is 1. The fourth-order valence-electron chi connectivity index (χ4n) is 1.13. The van der Waals surface area contributed by atoms with Gasteiger partial charge in [-0.15, -0.1) is 6.54 Å². The van der Waals surface area contributed by atoms with E-state index in [1.807, 2.05) is 17.3 Å². The van der Waals surface area contributed by atoms with E-state index in [0.717, 1.165) is 18.9 Å². The van der Waals surface area contributed by atoms with Gasteiger partial charge < -0.3 is 25.7 Å². The van der Waals surface area contributed by atoms with Crippen molar-refractivity contribution in [1.29, 1.82) is 0 Å². The minimum atomic E-state index is -0.288. The van der Waals surface area contributed by atoms with Crippen molar-refractivity contribution < 1.29 is 42.3 Å². The first kappa shape index (κ1) is 12.1. The molecule has 0 saturated carbocycles. The summed E-state index contributed by atoms with van der Waals surface area (Å²) in [4.78, 5) is 22.8. The quantitative estimate of drug-likeness (QED) is 0.504. The van der Waals surface area contributed by atoms with Crippen molar-refractivity contribution in [2.75, 3.05) is 20.1 Å². The molecule has 1 heterocycles. The van der Waals surface area contributed by atoms with Crippen LogP contribution in [0.4, 0.5) is 0 Å². The van der Waals surface area contributed by atoms with Crippen molar-refractivity contribution in [2.24, 2.45) is 0 Å². The molecule has 1 aliphatic heterocycles. The van der Waals surface area contributed by atoms with Crippen LogP contribution in [-0.2, 0) is 42.3 Å². The van der Waals surface area contributed by atoms with Crippen molar-refractivity contribution in [3.8, 4) is 0 Å². The minimum absolute atomic E-state index is 0. The van der Waals surface area contributed by atoms with Gasteiger partial charge in [0, 0.05) is 32.7 Å². The van der Waals surface area contributed by atoms with E-state index in [1.165, 1.54) is 6.41 Å². The van der Waals surface area contributed by atoms with Gasteiger partial charge >= 0.3 is 0 Å². The zero-order valence-electron chi connectivity index (χ0n) is 6.96. The van der Waals surface area contributed by atoms with E-state index in [9.17, 15) is 9.59 Å². The van der Waals surface area contributed by atoms with E-state index in [-0.39, 0.29) is 38.6 Å². The number of carbonyl (C=O) groups excluding carboxylic acids is 2. The molecule has 1 rings (SSSR count). The Balaban J connectivity index is 0.00000121. The van der Waals surface area contributed by atoms with Gasteiger partial charge in [-0.1, -0.05) is 5.91 Å². The van der Waals surface area contributed by atoms with Gasteiger partial charge in [0.25, 0.3) is 0 Å². The molecular weight excluding hydrogens is 233 g/mol. The third-order valence-electron chi connectivity index (χ3n) is 1.74. The SMILES string of the molecule is CN1CC[C-](C(=O)N[C-]=O)C1.[Y]. The van der Waals surface area contributed by atoms with Gasteiger partial charge in [-0.05, 0) is 13.6 Å². The molecule has 0 atom stereocenters. The molecule has 4 nitrogen and oxygen atoms in total. The van der Waals surface area contributed by atoms with Gasteiger partial charge in [-0.3, -0.25) is 0 Å². The Kier molecular flexibility index (Phi) is 5.71.